The Morgan fingerprint density at radius 1 is 0.529 bits per heavy atom. The third-order valence-corrected chi connectivity index (χ3v) is 6.22. The van der Waals surface area contributed by atoms with Gasteiger partial charge in [-0.25, -0.2) is 9.59 Å². The summed E-state index contributed by atoms with van der Waals surface area (Å²) in [5.74, 6) is -50.3. The van der Waals surface area contributed by atoms with Crippen LogP contribution in [-0.4, -0.2) is 80.1 Å². The van der Waals surface area contributed by atoms with E-state index in [1.807, 2.05) is 0 Å². The van der Waals surface area contributed by atoms with Gasteiger partial charge in [-0.1, -0.05) is 13.2 Å². The van der Waals surface area contributed by atoms with E-state index in [9.17, 15) is 28.6 Å². The van der Waals surface area contributed by atoms with Crippen LogP contribution in [0.2, 0.25) is 0 Å². The number of carbonyl (C=O) groups excluding carboxylic acids is 2. The van der Waals surface area contributed by atoms with E-state index < -0.39 is 82.0 Å². The van der Waals surface area contributed by atoms with Crippen LogP contribution in [0.3, 0.4) is 0 Å². The molecule has 0 unspecified atom stereocenters. The topological polar surface area (TPSA) is 93.1 Å². The van der Waals surface area contributed by atoms with Crippen LogP contribution in [0, 0.1) is 0 Å². The van der Waals surface area contributed by atoms with Gasteiger partial charge in [-0.3, -0.25) is 0 Å². The first kappa shape index (κ1) is 26.1. The van der Waals surface area contributed by atoms with Crippen molar-refractivity contribution in [3.63, 3.8) is 0 Å². The molecule has 4 aliphatic rings. The van der Waals surface area contributed by atoms with Gasteiger partial charge in [0.1, 0.15) is 0 Å². The molecule has 4 aliphatic carbocycles. The molecule has 4 fully saturated rings. The van der Waals surface area contributed by atoms with Crippen LogP contribution in [0.15, 0.2) is 25.3 Å². The number of rotatable bonds is 4. The lowest BCUT2D eigenvalue weighted by molar-refractivity contribution is -0.637. The van der Waals surface area contributed by atoms with Gasteiger partial charge in [0, 0.05) is 12.2 Å². The smallest absolute Gasteiger partial charge is 0.350 e. The van der Waals surface area contributed by atoms with Crippen molar-refractivity contribution in [3.05, 3.63) is 25.3 Å². The average Bonchev–Trinajstić information content (AvgIpc) is 2.69. The summed E-state index contributed by atoms with van der Waals surface area (Å²) in [6.07, 6.45) is -0.933. The van der Waals surface area contributed by atoms with Crippen LogP contribution >= 0.6 is 0 Å². The fraction of sp³-hybridized carbons (Fsp3) is 0.625. The number of hydrogen-bond donors (Lipinski definition) is 2. The highest BCUT2D eigenvalue weighted by Gasteiger charge is 3.23. The molecule has 0 aromatic heterocycles. The van der Waals surface area contributed by atoms with E-state index in [-0.39, 0.29) is 0 Å². The number of hydrogen-bond acceptors (Lipinski definition) is 6. The normalized spacial score (nSPS) is 43.0. The summed E-state index contributed by atoms with van der Waals surface area (Å²) in [5.41, 5.74) is -28.0. The average molecular weight is 524 g/mol. The van der Waals surface area contributed by atoms with Gasteiger partial charge >= 0.3 is 58.7 Å². The van der Waals surface area contributed by atoms with E-state index in [1.165, 1.54) is 0 Å². The zero-order valence-corrected chi connectivity index (χ0v) is 15.6. The highest BCUT2D eigenvalue weighted by atomic mass is 19.3. The molecule has 0 atom stereocenters. The van der Waals surface area contributed by atoms with E-state index in [2.05, 4.69) is 22.6 Å². The molecule has 0 aromatic rings. The monoisotopic (exact) mass is 524 g/mol. The third-order valence-electron chi connectivity index (χ3n) is 6.22. The molecule has 0 saturated heterocycles. The standard InChI is InChI=1S/C16H8F12O6/c1-3-5(29)33-9-12(19,20)7(31)11(17,18)8(32,13(9,21)22)15(25,26)10(14(7,23)24,16(9,27)28)34-6(30)4-2/h3-4,31-32H,1-2H2. The van der Waals surface area contributed by atoms with Crippen molar-refractivity contribution < 1.29 is 82.0 Å². The van der Waals surface area contributed by atoms with Gasteiger partial charge in [-0.05, 0) is 0 Å². The lowest BCUT2D eigenvalue weighted by atomic mass is 9.38. The largest absolute Gasteiger partial charge is 0.436 e. The summed E-state index contributed by atoms with van der Waals surface area (Å²) < 4.78 is 187. The van der Waals surface area contributed by atoms with Crippen molar-refractivity contribution in [2.75, 3.05) is 0 Å². The minimum absolute atomic E-state index is 0.466. The van der Waals surface area contributed by atoms with Gasteiger partial charge in [-0.15, -0.1) is 0 Å². The highest BCUT2D eigenvalue weighted by Crippen LogP contribution is 2.87. The predicted octanol–water partition coefficient (Wildman–Crippen LogP) is 2.24. The van der Waals surface area contributed by atoms with E-state index in [0.29, 0.717) is 0 Å². The van der Waals surface area contributed by atoms with Crippen LogP contribution in [0.4, 0.5) is 52.7 Å². The maximum Gasteiger partial charge on any atom is 0.350 e. The molecule has 0 aromatic carbocycles. The molecule has 2 N–H and O–H groups in total. The van der Waals surface area contributed by atoms with Crippen LogP contribution in [-0.2, 0) is 19.1 Å². The fourth-order valence-corrected chi connectivity index (χ4v) is 4.66. The number of alkyl halides is 12. The quantitative estimate of drug-likeness (QED) is 0.333. The third kappa shape index (κ3) is 1.68. The lowest BCUT2D eigenvalue weighted by Crippen LogP contribution is -3.12. The molecule has 4 bridgehead atoms. The van der Waals surface area contributed by atoms with E-state index in [0.717, 1.165) is 0 Å². The molecular weight excluding hydrogens is 516 g/mol. The Bertz CT molecular complexity index is 910. The number of carbonyl (C=O) groups is 2. The van der Waals surface area contributed by atoms with Crippen LogP contribution in [0.5, 0.6) is 0 Å². The first-order valence-corrected chi connectivity index (χ1v) is 8.33. The van der Waals surface area contributed by atoms with Gasteiger partial charge < -0.3 is 19.7 Å². The Morgan fingerprint density at radius 3 is 0.971 bits per heavy atom. The molecule has 6 nitrogen and oxygen atoms in total. The Labute approximate surface area is 178 Å². The molecule has 0 aliphatic heterocycles. The molecule has 34 heavy (non-hydrogen) atoms. The van der Waals surface area contributed by atoms with E-state index in [4.69, 9.17) is 0 Å². The molecule has 0 amide bonds. The summed E-state index contributed by atoms with van der Waals surface area (Å²) in [6, 6.07) is 0. The van der Waals surface area contributed by atoms with E-state index >= 15 is 43.9 Å². The van der Waals surface area contributed by atoms with Crippen molar-refractivity contribution in [1.82, 2.24) is 0 Å². The van der Waals surface area contributed by atoms with Gasteiger partial charge in [0.05, 0.1) is 0 Å². The second-order valence-corrected chi connectivity index (χ2v) is 7.48. The molecule has 4 rings (SSSR count). The number of esters is 2. The van der Waals surface area contributed by atoms with Gasteiger partial charge in [0.15, 0.2) is 0 Å². The van der Waals surface area contributed by atoms with Crippen molar-refractivity contribution in [2.24, 2.45) is 0 Å². The summed E-state index contributed by atoms with van der Waals surface area (Å²) in [7, 11) is 0. The Kier molecular flexibility index (Phi) is 4.47. The summed E-state index contributed by atoms with van der Waals surface area (Å²) in [6.45, 7) is 4.85. The van der Waals surface area contributed by atoms with Gasteiger partial charge in [0.25, 0.3) is 11.2 Å². The summed E-state index contributed by atoms with van der Waals surface area (Å²) in [4.78, 5) is 22.9. The minimum atomic E-state index is -7.45. The zero-order chi connectivity index (χ0) is 27.0. The van der Waals surface area contributed by atoms with Gasteiger partial charge in [-0.2, -0.15) is 52.7 Å². The second-order valence-electron chi connectivity index (χ2n) is 7.48. The maximum atomic E-state index is 15.4. The maximum absolute atomic E-state index is 15.4. The van der Waals surface area contributed by atoms with E-state index in [1.54, 1.807) is 0 Å². The molecule has 4 saturated carbocycles. The van der Waals surface area contributed by atoms with Crippen molar-refractivity contribution >= 4 is 11.9 Å². The number of ether oxygens (including phenoxy) is 2. The molecule has 0 heterocycles. The first-order chi connectivity index (χ1) is 14.9. The number of halogens is 12. The Hall–Kier alpha value is -2.50. The SMILES string of the molecule is C=CC(=O)OC12C(F)(F)C3(O)C(F)(F)C(O)(C1(F)F)C(F)(F)C(OC(=O)C=C)(C3(F)F)C2(F)F. The van der Waals surface area contributed by atoms with Crippen molar-refractivity contribution in [2.45, 2.75) is 57.9 Å². The molecule has 18 heteroatoms. The molecule has 0 radical (unpaired) electrons. The number of aliphatic hydroxyl groups is 2. The van der Waals surface area contributed by atoms with Crippen molar-refractivity contribution in [1.29, 1.82) is 0 Å². The summed E-state index contributed by atoms with van der Waals surface area (Å²) >= 11 is 0. The predicted molar refractivity (Wildman–Crippen MR) is 77.6 cm³/mol. The van der Waals surface area contributed by atoms with Gasteiger partial charge in [0.2, 0.25) is 0 Å². The first-order valence-electron chi connectivity index (χ1n) is 8.33. The molecular formula is C16H8F12O6. The van der Waals surface area contributed by atoms with Crippen LogP contribution in [0.1, 0.15) is 0 Å². The Morgan fingerprint density at radius 2 is 0.765 bits per heavy atom. The molecule has 192 valence electrons. The van der Waals surface area contributed by atoms with Crippen LogP contribution in [0.25, 0.3) is 0 Å². The van der Waals surface area contributed by atoms with Crippen LogP contribution < -0.4 is 0 Å². The molecule has 0 spiro atoms. The van der Waals surface area contributed by atoms with Crippen molar-refractivity contribution in [3.8, 4) is 0 Å². The minimum Gasteiger partial charge on any atom is -0.436 e. The fourth-order valence-electron chi connectivity index (χ4n) is 4.66. The highest BCUT2D eigenvalue weighted by molar-refractivity contribution is 5.84. The Balaban J connectivity index is 2.75. The summed E-state index contributed by atoms with van der Waals surface area (Å²) in [5, 5.41) is 19.6. The lowest BCUT2D eigenvalue weighted by Gasteiger charge is -2.76. The second kappa shape index (κ2) is 5.83. The zero-order valence-electron chi connectivity index (χ0n) is 15.6.